The Bertz CT molecular complexity index is 1610. The number of anilines is 2. The van der Waals surface area contributed by atoms with Gasteiger partial charge in [-0.3, -0.25) is 9.48 Å². The van der Waals surface area contributed by atoms with Gasteiger partial charge >= 0.3 is 6.09 Å². The zero-order chi connectivity index (χ0) is 26.5. The average Bonchev–Trinajstić information content (AvgIpc) is 3.34. The maximum Gasteiger partial charge on any atom is 0.407 e. The number of nitriles is 1. The van der Waals surface area contributed by atoms with Crippen LogP contribution in [-0.2, 0) is 22.1 Å². The fourth-order valence-corrected chi connectivity index (χ4v) is 7.18. The summed E-state index contributed by atoms with van der Waals surface area (Å²) < 4.78 is 28.4. The number of rotatable bonds is 5. The van der Waals surface area contributed by atoms with Crippen LogP contribution in [0.4, 0.5) is 16.3 Å². The number of aromatic amines is 1. The molecule has 0 radical (unpaired) electrons. The number of H-pyrrole nitrogens is 1. The fraction of sp³-hybridized carbons (Fsp3) is 0.417. The van der Waals surface area contributed by atoms with Gasteiger partial charge in [0.15, 0.2) is 5.82 Å². The van der Waals surface area contributed by atoms with Crippen molar-refractivity contribution in [2.24, 2.45) is 0 Å². The number of likely N-dealkylation sites (tertiary alicyclic amines) is 1. The number of hydrogen-bond acceptors (Lipinski definition) is 7. The lowest BCUT2D eigenvalue weighted by Gasteiger charge is -2.43. The van der Waals surface area contributed by atoms with E-state index < -0.39 is 21.7 Å². The largest absolute Gasteiger partial charge is 0.465 e. The molecule has 1 amide bonds. The molecule has 2 aromatic heterocycles. The van der Waals surface area contributed by atoms with E-state index in [0.29, 0.717) is 41.5 Å². The zero-order valence-corrected chi connectivity index (χ0v) is 21.2. The molecular formula is C24H27N7O5S. The molecule has 0 spiro atoms. The minimum Gasteiger partial charge on any atom is -0.465 e. The molecule has 2 unspecified atom stereocenters. The molecule has 0 saturated carbocycles. The topological polar surface area (TPSA) is 164 Å². The van der Waals surface area contributed by atoms with Gasteiger partial charge in [0.25, 0.3) is 5.56 Å². The van der Waals surface area contributed by atoms with Crippen LogP contribution in [-0.4, -0.2) is 62.7 Å². The van der Waals surface area contributed by atoms with Gasteiger partial charge in [0, 0.05) is 37.6 Å². The van der Waals surface area contributed by atoms with Crippen molar-refractivity contribution in [3.05, 3.63) is 46.4 Å². The van der Waals surface area contributed by atoms with Gasteiger partial charge in [-0.25, -0.2) is 13.2 Å². The minimum atomic E-state index is -3.51. The van der Waals surface area contributed by atoms with Crippen LogP contribution in [0.5, 0.6) is 0 Å². The number of sulfonamides is 1. The van der Waals surface area contributed by atoms with Crippen LogP contribution in [0.3, 0.4) is 0 Å². The first kappa shape index (κ1) is 24.8. The van der Waals surface area contributed by atoms with Crippen molar-refractivity contribution < 1.29 is 18.3 Å². The number of carbonyl (C=O) groups is 1. The predicted octanol–water partition coefficient (Wildman–Crippen LogP) is 2.76. The van der Waals surface area contributed by atoms with E-state index in [9.17, 15) is 28.4 Å². The molecule has 3 aromatic rings. The maximum atomic E-state index is 12.9. The molecule has 13 heteroatoms. The Kier molecular flexibility index (Phi) is 5.96. The number of amides is 1. The van der Waals surface area contributed by atoms with E-state index in [1.807, 2.05) is 0 Å². The molecule has 1 aromatic carbocycles. The standard InChI is InChI=1S/C24H27N7O5S/c1-3-29-14-16-12-17(4-5-19(16)37(29,35)36)27-21-20-18(6-10-26-22(20)32)31(28-21)24(7-9-25)8-11-30(23(33)34)15(2)13-24/h4-6,10,12,15H,3,7-8,11,13-14H2,1-2H3,(H,26,32)(H,27,28)(H,33,34). The minimum absolute atomic E-state index is 0.0946. The quantitative estimate of drug-likeness (QED) is 0.457. The third-order valence-electron chi connectivity index (χ3n) is 7.37. The van der Waals surface area contributed by atoms with E-state index in [1.165, 1.54) is 15.4 Å². The summed E-state index contributed by atoms with van der Waals surface area (Å²) in [7, 11) is -3.51. The number of nitrogens with zero attached hydrogens (tertiary/aromatic N) is 5. The van der Waals surface area contributed by atoms with Gasteiger partial charge in [-0.1, -0.05) is 6.92 Å². The van der Waals surface area contributed by atoms with Gasteiger partial charge in [0.2, 0.25) is 10.0 Å². The zero-order valence-electron chi connectivity index (χ0n) is 20.4. The molecule has 2 atom stereocenters. The molecular weight excluding hydrogens is 498 g/mol. The molecule has 1 saturated heterocycles. The second-order valence-corrected chi connectivity index (χ2v) is 11.5. The monoisotopic (exact) mass is 525 g/mol. The molecule has 37 heavy (non-hydrogen) atoms. The molecule has 2 aliphatic rings. The first-order valence-electron chi connectivity index (χ1n) is 12.0. The van der Waals surface area contributed by atoms with Crippen molar-refractivity contribution in [1.29, 1.82) is 5.26 Å². The van der Waals surface area contributed by atoms with Crippen LogP contribution in [0.25, 0.3) is 10.9 Å². The molecule has 2 aliphatic heterocycles. The lowest BCUT2D eigenvalue weighted by atomic mass is 9.81. The third kappa shape index (κ3) is 3.93. The Balaban J connectivity index is 1.58. The van der Waals surface area contributed by atoms with Gasteiger partial charge < -0.3 is 20.3 Å². The number of piperidine rings is 1. The molecule has 5 rings (SSSR count). The molecule has 12 nitrogen and oxygen atoms in total. The summed E-state index contributed by atoms with van der Waals surface area (Å²) in [5.41, 5.74) is 0.582. The van der Waals surface area contributed by atoms with E-state index in [0.717, 1.165) is 0 Å². The van der Waals surface area contributed by atoms with Gasteiger partial charge in [0.05, 0.1) is 28.4 Å². The van der Waals surface area contributed by atoms with Crippen LogP contribution in [0, 0.1) is 11.3 Å². The van der Waals surface area contributed by atoms with Gasteiger partial charge in [-0.05, 0) is 49.6 Å². The van der Waals surface area contributed by atoms with Crippen molar-refractivity contribution in [3.8, 4) is 6.07 Å². The van der Waals surface area contributed by atoms with Crippen LogP contribution in [0.2, 0.25) is 0 Å². The van der Waals surface area contributed by atoms with Crippen LogP contribution in [0.15, 0.2) is 40.2 Å². The number of fused-ring (bicyclic) bond motifs is 2. The summed E-state index contributed by atoms with van der Waals surface area (Å²) in [6.07, 6.45) is 1.32. The van der Waals surface area contributed by atoms with Crippen molar-refractivity contribution in [1.82, 2.24) is 24.0 Å². The highest BCUT2D eigenvalue weighted by Gasteiger charge is 2.43. The van der Waals surface area contributed by atoms with Gasteiger partial charge in [-0.15, -0.1) is 0 Å². The molecule has 4 heterocycles. The molecule has 1 fully saturated rings. The summed E-state index contributed by atoms with van der Waals surface area (Å²) >= 11 is 0. The third-order valence-corrected chi connectivity index (χ3v) is 9.39. The van der Waals surface area contributed by atoms with E-state index in [4.69, 9.17) is 5.10 Å². The normalized spacial score (nSPS) is 23.1. The summed E-state index contributed by atoms with van der Waals surface area (Å²) in [6, 6.07) is 8.52. The number of aromatic nitrogens is 3. The van der Waals surface area contributed by atoms with Crippen LogP contribution < -0.4 is 10.9 Å². The number of carboxylic acid groups (broad SMARTS) is 1. The number of nitrogens with one attached hydrogen (secondary N) is 2. The second kappa shape index (κ2) is 8.89. The number of pyridine rings is 1. The second-order valence-electron chi connectivity index (χ2n) is 9.54. The van der Waals surface area contributed by atoms with E-state index in [-0.39, 0.29) is 41.8 Å². The first-order chi connectivity index (χ1) is 17.6. The summed E-state index contributed by atoms with van der Waals surface area (Å²) in [6.45, 7) is 4.45. The van der Waals surface area contributed by atoms with E-state index in [1.54, 1.807) is 42.8 Å². The Labute approximate surface area is 213 Å². The SMILES string of the molecule is CCN1Cc2cc(Nc3nn(C4(CC#N)CCN(C(=O)O)C(C)C4)c4cc[nH]c(=O)c34)ccc2S1(=O)=O. The van der Waals surface area contributed by atoms with Crippen molar-refractivity contribution in [3.63, 3.8) is 0 Å². The number of benzene rings is 1. The molecule has 194 valence electrons. The van der Waals surface area contributed by atoms with Crippen molar-refractivity contribution >= 4 is 38.5 Å². The highest BCUT2D eigenvalue weighted by molar-refractivity contribution is 7.89. The molecule has 0 aliphatic carbocycles. The van der Waals surface area contributed by atoms with Crippen molar-refractivity contribution in [2.75, 3.05) is 18.4 Å². The van der Waals surface area contributed by atoms with E-state index >= 15 is 0 Å². The highest BCUT2D eigenvalue weighted by Crippen LogP contribution is 2.40. The highest BCUT2D eigenvalue weighted by atomic mass is 32.2. The Morgan fingerprint density at radius 3 is 2.84 bits per heavy atom. The lowest BCUT2D eigenvalue weighted by molar-refractivity contribution is 0.0585. The van der Waals surface area contributed by atoms with Crippen molar-refractivity contribution in [2.45, 2.75) is 56.1 Å². The summed E-state index contributed by atoms with van der Waals surface area (Å²) in [5.74, 6) is 0.274. The van der Waals surface area contributed by atoms with Crippen LogP contribution in [0.1, 0.15) is 38.7 Å². The Morgan fingerprint density at radius 2 is 2.16 bits per heavy atom. The lowest BCUT2D eigenvalue weighted by Crippen LogP contribution is -2.52. The smallest absolute Gasteiger partial charge is 0.407 e. The Morgan fingerprint density at radius 1 is 1.38 bits per heavy atom. The fourth-order valence-electron chi connectivity index (χ4n) is 5.56. The first-order valence-corrected chi connectivity index (χ1v) is 13.4. The predicted molar refractivity (Wildman–Crippen MR) is 135 cm³/mol. The van der Waals surface area contributed by atoms with Gasteiger partial charge in [-0.2, -0.15) is 14.7 Å². The van der Waals surface area contributed by atoms with E-state index in [2.05, 4.69) is 16.4 Å². The molecule has 0 bridgehead atoms. The summed E-state index contributed by atoms with van der Waals surface area (Å²) in [5, 5.41) is 27.5. The van der Waals surface area contributed by atoms with Crippen LogP contribution >= 0.6 is 0 Å². The number of hydrogen-bond donors (Lipinski definition) is 3. The Hall–Kier alpha value is -3.89. The molecule has 3 N–H and O–H groups in total. The maximum absolute atomic E-state index is 12.9. The van der Waals surface area contributed by atoms with Gasteiger partial charge in [0.1, 0.15) is 5.39 Å². The summed E-state index contributed by atoms with van der Waals surface area (Å²) in [4.78, 5) is 28.8. The average molecular weight is 526 g/mol.